The third kappa shape index (κ3) is 3.32. The van der Waals surface area contributed by atoms with Gasteiger partial charge in [0.15, 0.2) is 0 Å². The second kappa shape index (κ2) is 6.39. The van der Waals surface area contributed by atoms with Gasteiger partial charge >= 0.3 is 0 Å². The van der Waals surface area contributed by atoms with Gasteiger partial charge in [-0.05, 0) is 31.5 Å². The summed E-state index contributed by atoms with van der Waals surface area (Å²) in [4.78, 5) is 37.1. The lowest BCUT2D eigenvalue weighted by Crippen LogP contribution is -2.43. The van der Waals surface area contributed by atoms with Gasteiger partial charge in [-0.3, -0.25) is 19.3 Å². The van der Waals surface area contributed by atoms with Crippen molar-refractivity contribution in [2.45, 2.75) is 32.7 Å². The maximum Gasteiger partial charge on any atom is 0.299 e. The van der Waals surface area contributed by atoms with Crippen LogP contribution in [-0.4, -0.2) is 30.2 Å². The van der Waals surface area contributed by atoms with Crippen LogP contribution in [0.5, 0.6) is 0 Å². The zero-order valence-electron chi connectivity index (χ0n) is 12.0. The van der Waals surface area contributed by atoms with Gasteiger partial charge in [0.2, 0.25) is 5.91 Å². The van der Waals surface area contributed by atoms with E-state index in [2.05, 4.69) is 21.2 Å². The van der Waals surface area contributed by atoms with Gasteiger partial charge in [0, 0.05) is 10.5 Å². The van der Waals surface area contributed by atoms with Crippen LogP contribution in [0.2, 0.25) is 0 Å². The lowest BCUT2D eigenvalue weighted by atomic mass is 10.1. The standard InChI is InChI=1S/C15H17BrN2O3/c1-3-4-9(2)17-13(19)8-18-12-7-10(16)5-6-11(12)14(20)15(18)21/h5-7,9H,3-4,8H2,1-2H3,(H,17,19). The topological polar surface area (TPSA) is 66.5 Å². The van der Waals surface area contributed by atoms with Crippen LogP contribution < -0.4 is 10.2 Å². The second-order valence-electron chi connectivity index (χ2n) is 5.14. The minimum absolute atomic E-state index is 0.0536. The molecule has 0 aromatic heterocycles. The van der Waals surface area contributed by atoms with E-state index in [1.807, 2.05) is 13.8 Å². The fourth-order valence-corrected chi connectivity index (χ4v) is 2.74. The number of rotatable bonds is 5. The lowest BCUT2D eigenvalue weighted by molar-refractivity contribution is -0.122. The Morgan fingerprint density at radius 2 is 2.10 bits per heavy atom. The third-order valence-corrected chi connectivity index (χ3v) is 3.86. The molecule has 0 spiro atoms. The summed E-state index contributed by atoms with van der Waals surface area (Å²) in [6, 6.07) is 5.03. The highest BCUT2D eigenvalue weighted by Gasteiger charge is 2.36. The maximum atomic E-state index is 12.0. The number of halogens is 1. The molecule has 0 aliphatic carbocycles. The van der Waals surface area contributed by atoms with E-state index in [0.717, 1.165) is 17.3 Å². The summed E-state index contributed by atoms with van der Waals surface area (Å²) >= 11 is 3.31. The molecule has 1 atom stereocenters. The summed E-state index contributed by atoms with van der Waals surface area (Å²) in [5.74, 6) is -1.47. The predicted molar refractivity (Wildman–Crippen MR) is 83.3 cm³/mol. The molecule has 0 saturated heterocycles. The van der Waals surface area contributed by atoms with Gasteiger partial charge in [0.25, 0.3) is 11.7 Å². The Morgan fingerprint density at radius 3 is 2.76 bits per heavy atom. The first kappa shape index (κ1) is 15.7. The number of Topliss-reactive ketones (excluding diaryl/α,β-unsaturated/α-hetero) is 1. The monoisotopic (exact) mass is 352 g/mol. The lowest BCUT2D eigenvalue weighted by Gasteiger charge is -2.18. The number of hydrogen-bond acceptors (Lipinski definition) is 3. The van der Waals surface area contributed by atoms with Crippen LogP contribution in [0.4, 0.5) is 5.69 Å². The largest absolute Gasteiger partial charge is 0.352 e. The fraction of sp³-hybridized carbons (Fsp3) is 0.400. The molecule has 21 heavy (non-hydrogen) atoms. The van der Waals surface area contributed by atoms with Crippen molar-refractivity contribution in [1.29, 1.82) is 0 Å². The number of nitrogens with zero attached hydrogens (tertiary/aromatic N) is 1. The first-order valence-electron chi connectivity index (χ1n) is 6.89. The van der Waals surface area contributed by atoms with Crippen molar-refractivity contribution in [3.8, 4) is 0 Å². The van der Waals surface area contributed by atoms with Crippen molar-refractivity contribution < 1.29 is 14.4 Å². The zero-order chi connectivity index (χ0) is 15.6. The number of carbonyl (C=O) groups is 3. The molecule has 112 valence electrons. The summed E-state index contributed by atoms with van der Waals surface area (Å²) in [6.07, 6.45) is 1.85. The van der Waals surface area contributed by atoms with Crippen molar-refractivity contribution in [2.75, 3.05) is 11.4 Å². The molecule has 1 unspecified atom stereocenters. The molecule has 1 aliphatic rings. The Bertz CT molecular complexity index is 601. The molecule has 2 amide bonds. The van der Waals surface area contributed by atoms with Gasteiger partial charge in [0.1, 0.15) is 6.54 Å². The normalized spacial score (nSPS) is 15.1. The Balaban J connectivity index is 2.14. The second-order valence-corrected chi connectivity index (χ2v) is 6.05. The van der Waals surface area contributed by atoms with E-state index in [0.29, 0.717) is 11.3 Å². The van der Waals surface area contributed by atoms with E-state index >= 15 is 0 Å². The van der Waals surface area contributed by atoms with Crippen molar-refractivity contribution >= 4 is 39.2 Å². The van der Waals surface area contributed by atoms with E-state index in [4.69, 9.17) is 0 Å². The molecule has 0 bridgehead atoms. The summed E-state index contributed by atoms with van der Waals surface area (Å²) in [6.45, 7) is 3.82. The van der Waals surface area contributed by atoms with Crippen LogP contribution in [0.25, 0.3) is 0 Å². The number of anilines is 1. The van der Waals surface area contributed by atoms with E-state index in [-0.39, 0.29) is 18.5 Å². The van der Waals surface area contributed by atoms with Gasteiger partial charge in [-0.2, -0.15) is 0 Å². The van der Waals surface area contributed by atoms with Crippen LogP contribution in [0.3, 0.4) is 0 Å². The van der Waals surface area contributed by atoms with Crippen molar-refractivity contribution in [3.05, 3.63) is 28.2 Å². The summed E-state index contributed by atoms with van der Waals surface area (Å²) < 4.78 is 0.758. The van der Waals surface area contributed by atoms with Gasteiger partial charge in [-0.15, -0.1) is 0 Å². The Hall–Kier alpha value is -1.69. The smallest absolute Gasteiger partial charge is 0.299 e. The van der Waals surface area contributed by atoms with E-state index in [1.54, 1.807) is 18.2 Å². The minimum atomic E-state index is -0.651. The molecule has 1 aromatic carbocycles. The van der Waals surface area contributed by atoms with Gasteiger partial charge in [-0.25, -0.2) is 0 Å². The molecule has 1 aromatic rings. The molecule has 1 heterocycles. The molecule has 0 radical (unpaired) electrons. The fourth-order valence-electron chi connectivity index (χ4n) is 2.39. The molecule has 5 nitrogen and oxygen atoms in total. The zero-order valence-corrected chi connectivity index (χ0v) is 13.6. The number of nitrogens with one attached hydrogen (secondary N) is 1. The Morgan fingerprint density at radius 1 is 1.38 bits per heavy atom. The van der Waals surface area contributed by atoms with E-state index in [9.17, 15) is 14.4 Å². The number of carbonyl (C=O) groups excluding carboxylic acids is 3. The summed E-state index contributed by atoms with van der Waals surface area (Å²) in [5, 5.41) is 2.83. The molecule has 1 N–H and O–H groups in total. The summed E-state index contributed by atoms with van der Waals surface area (Å²) in [5.41, 5.74) is 0.829. The Labute approximate surface area is 131 Å². The third-order valence-electron chi connectivity index (χ3n) is 3.37. The van der Waals surface area contributed by atoms with Crippen molar-refractivity contribution in [2.24, 2.45) is 0 Å². The van der Waals surface area contributed by atoms with E-state index < -0.39 is 11.7 Å². The SMILES string of the molecule is CCCC(C)NC(=O)CN1C(=O)C(=O)c2ccc(Br)cc21. The maximum absolute atomic E-state index is 12.0. The average Bonchev–Trinajstić information content (AvgIpc) is 2.64. The van der Waals surface area contributed by atoms with E-state index in [1.165, 1.54) is 4.90 Å². The number of amides is 2. The van der Waals surface area contributed by atoms with Crippen molar-refractivity contribution in [1.82, 2.24) is 5.32 Å². The predicted octanol–water partition coefficient (Wildman–Crippen LogP) is 2.28. The van der Waals surface area contributed by atoms with Crippen LogP contribution in [-0.2, 0) is 9.59 Å². The minimum Gasteiger partial charge on any atom is -0.352 e. The molecular formula is C15H17BrN2O3. The first-order chi connectivity index (χ1) is 9.93. The van der Waals surface area contributed by atoms with Gasteiger partial charge in [-0.1, -0.05) is 29.3 Å². The number of benzene rings is 1. The molecular weight excluding hydrogens is 336 g/mol. The van der Waals surface area contributed by atoms with Gasteiger partial charge in [0.05, 0.1) is 11.3 Å². The Kier molecular flexibility index (Phi) is 4.77. The quantitative estimate of drug-likeness (QED) is 0.826. The van der Waals surface area contributed by atoms with Crippen LogP contribution >= 0.6 is 15.9 Å². The number of hydrogen-bond donors (Lipinski definition) is 1. The van der Waals surface area contributed by atoms with Crippen molar-refractivity contribution in [3.63, 3.8) is 0 Å². The first-order valence-corrected chi connectivity index (χ1v) is 7.68. The highest BCUT2D eigenvalue weighted by molar-refractivity contribution is 9.10. The number of fused-ring (bicyclic) bond motifs is 1. The summed E-state index contributed by atoms with van der Waals surface area (Å²) in [7, 11) is 0. The molecule has 0 saturated carbocycles. The highest BCUT2D eigenvalue weighted by Crippen LogP contribution is 2.31. The van der Waals surface area contributed by atoms with Crippen LogP contribution in [0.1, 0.15) is 37.0 Å². The molecule has 0 fully saturated rings. The molecule has 1 aliphatic heterocycles. The molecule has 2 rings (SSSR count). The van der Waals surface area contributed by atoms with Gasteiger partial charge < -0.3 is 5.32 Å². The average molecular weight is 353 g/mol. The highest BCUT2D eigenvalue weighted by atomic mass is 79.9. The van der Waals surface area contributed by atoms with Crippen LogP contribution in [0.15, 0.2) is 22.7 Å². The number of ketones is 1. The molecule has 6 heteroatoms. The van der Waals surface area contributed by atoms with Crippen LogP contribution in [0, 0.1) is 0 Å².